The summed E-state index contributed by atoms with van der Waals surface area (Å²) in [6.45, 7) is 5.80. The molecule has 0 aliphatic heterocycles. The summed E-state index contributed by atoms with van der Waals surface area (Å²) in [5.41, 5.74) is 1.76. The molecule has 0 bridgehead atoms. The summed E-state index contributed by atoms with van der Waals surface area (Å²) in [5.74, 6) is -0.305. The average molecular weight is 180 g/mol. The summed E-state index contributed by atoms with van der Waals surface area (Å²) in [5, 5.41) is 0. The van der Waals surface area contributed by atoms with Gasteiger partial charge < -0.3 is 4.74 Å². The summed E-state index contributed by atoms with van der Waals surface area (Å²) < 4.78 is 4.58. The van der Waals surface area contributed by atoms with Crippen molar-refractivity contribution in [3.8, 4) is 0 Å². The van der Waals surface area contributed by atoms with Gasteiger partial charge in [-0.05, 0) is 26.8 Å². The van der Waals surface area contributed by atoms with E-state index in [1.165, 1.54) is 12.7 Å². The van der Waals surface area contributed by atoms with Gasteiger partial charge in [0.1, 0.15) is 0 Å². The Kier molecular flexibility index (Phi) is 5.60. The Bertz CT molecular complexity index is 253. The first-order valence-electron chi connectivity index (χ1n) is 4.18. The van der Waals surface area contributed by atoms with Gasteiger partial charge in [0.25, 0.3) is 0 Å². The third-order valence-electron chi connectivity index (χ3n) is 1.44. The molecule has 0 aromatic heterocycles. The molecule has 0 spiro atoms. The molecule has 2 heteroatoms. The van der Waals surface area contributed by atoms with Gasteiger partial charge in [0.05, 0.1) is 12.7 Å². The van der Waals surface area contributed by atoms with Crippen LogP contribution in [0.3, 0.4) is 0 Å². The highest BCUT2D eigenvalue weighted by atomic mass is 16.5. The van der Waals surface area contributed by atoms with Crippen LogP contribution in [0.2, 0.25) is 0 Å². The minimum Gasteiger partial charge on any atom is -0.465 e. The molecule has 0 rings (SSSR count). The largest absolute Gasteiger partial charge is 0.465 e. The maximum atomic E-state index is 11.1. The van der Waals surface area contributed by atoms with Crippen LogP contribution in [0.25, 0.3) is 0 Å². The molecule has 0 fully saturated rings. The molecule has 0 aliphatic rings. The van der Waals surface area contributed by atoms with Crippen molar-refractivity contribution < 1.29 is 9.53 Å². The molecule has 0 saturated heterocycles. The fraction of sp³-hybridized carbons (Fsp3) is 0.364. The van der Waals surface area contributed by atoms with Crippen LogP contribution in [0, 0.1) is 0 Å². The van der Waals surface area contributed by atoms with E-state index in [4.69, 9.17) is 0 Å². The second-order valence-electron chi connectivity index (χ2n) is 2.84. The highest BCUT2D eigenvalue weighted by Crippen LogP contribution is 2.00. The van der Waals surface area contributed by atoms with Crippen LogP contribution in [0.5, 0.6) is 0 Å². The Morgan fingerprint density at radius 3 is 2.31 bits per heavy atom. The molecule has 2 nitrogen and oxygen atoms in total. The lowest BCUT2D eigenvalue weighted by atomic mass is 10.2. The van der Waals surface area contributed by atoms with Crippen molar-refractivity contribution in [2.75, 3.05) is 7.11 Å². The molecular weight excluding hydrogens is 164 g/mol. The van der Waals surface area contributed by atoms with Crippen molar-refractivity contribution in [3.05, 3.63) is 35.5 Å². The highest BCUT2D eigenvalue weighted by molar-refractivity contribution is 5.91. The van der Waals surface area contributed by atoms with Gasteiger partial charge in [0, 0.05) is 0 Å². The van der Waals surface area contributed by atoms with Crippen molar-refractivity contribution in [3.63, 3.8) is 0 Å². The molecule has 72 valence electrons. The summed E-state index contributed by atoms with van der Waals surface area (Å²) in [4.78, 5) is 11.1. The lowest BCUT2D eigenvalue weighted by Crippen LogP contribution is -2.01. The molecule has 0 N–H and O–H groups in total. The monoisotopic (exact) mass is 180 g/mol. The van der Waals surface area contributed by atoms with E-state index in [0.717, 1.165) is 0 Å². The SMILES string of the molecule is C/C=C(\C=C/C=C(C)C)C(=O)OC. The number of ether oxygens (including phenoxy) is 1. The van der Waals surface area contributed by atoms with Crippen LogP contribution in [0.4, 0.5) is 0 Å². The number of hydrogen-bond donors (Lipinski definition) is 0. The van der Waals surface area contributed by atoms with Crippen LogP contribution in [-0.4, -0.2) is 13.1 Å². The first-order chi connectivity index (χ1) is 6.11. The van der Waals surface area contributed by atoms with E-state index < -0.39 is 0 Å². The first-order valence-corrected chi connectivity index (χ1v) is 4.18. The van der Waals surface area contributed by atoms with Crippen LogP contribution in [0.1, 0.15) is 20.8 Å². The van der Waals surface area contributed by atoms with E-state index in [2.05, 4.69) is 4.74 Å². The molecule has 0 heterocycles. The quantitative estimate of drug-likeness (QED) is 0.379. The molecule has 0 aliphatic carbocycles. The summed E-state index contributed by atoms with van der Waals surface area (Å²) >= 11 is 0. The van der Waals surface area contributed by atoms with Crippen molar-refractivity contribution in [1.29, 1.82) is 0 Å². The summed E-state index contributed by atoms with van der Waals surface area (Å²) in [6.07, 6.45) is 7.23. The van der Waals surface area contributed by atoms with E-state index in [9.17, 15) is 4.79 Å². The second-order valence-corrected chi connectivity index (χ2v) is 2.84. The third-order valence-corrected chi connectivity index (χ3v) is 1.44. The fourth-order valence-electron chi connectivity index (χ4n) is 0.744. The van der Waals surface area contributed by atoms with Crippen molar-refractivity contribution in [2.24, 2.45) is 0 Å². The molecule has 0 aromatic carbocycles. The predicted octanol–water partition coefficient (Wildman–Crippen LogP) is 2.63. The van der Waals surface area contributed by atoms with Gasteiger partial charge in [0.2, 0.25) is 0 Å². The molecule has 0 radical (unpaired) electrons. The number of allylic oxidation sites excluding steroid dienone is 4. The first kappa shape index (κ1) is 11.7. The lowest BCUT2D eigenvalue weighted by Gasteiger charge is -1.96. The lowest BCUT2D eigenvalue weighted by molar-refractivity contribution is -0.135. The van der Waals surface area contributed by atoms with Crippen LogP contribution >= 0.6 is 0 Å². The Balaban J connectivity index is 4.40. The highest BCUT2D eigenvalue weighted by Gasteiger charge is 2.02. The molecular formula is C11H16O2. The van der Waals surface area contributed by atoms with E-state index in [0.29, 0.717) is 5.57 Å². The number of carbonyl (C=O) groups is 1. The van der Waals surface area contributed by atoms with Crippen molar-refractivity contribution >= 4 is 5.97 Å². The molecule has 13 heavy (non-hydrogen) atoms. The molecule has 0 atom stereocenters. The van der Waals surface area contributed by atoms with Crippen LogP contribution < -0.4 is 0 Å². The summed E-state index contributed by atoms with van der Waals surface area (Å²) in [6, 6.07) is 0. The average Bonchev–Trinajstić information content (AvgIpc) is 2.11. The smallest absolute Gasteiger partial charge is 0.337 e. The fourth-order valence-corrected chi connectivity index (χ4v) is 0.744. The van der Waals surface area contributed by atoms with E-state index in [1.54, 1.807) is 19.1 Å². The van der Waals surface area contributed by atoms with Crippen LogP contribution in [-0.2, 0) is 9.53 Å². The number of esters is 1. The normalized spacial score (nSPS) is 11.5. The zero-order valence-electron chi connectivity index (χ0n) is 8.63. The van der Waals surface area contributed by atoms with Gasteiger partial charge in [-0.1, -0.05) is 23.8 Å². The Morgan fingerprint density at radius 2 is 1.92 bits per heavy atom. The minimum atomic E-state index is -0.305. The summed E-state index contributed by atoms with van der Waals surface area (Å²) in [7, 11) is 1.38. The number of carbonyl (C=O) groups excluding carboxylic acids is 1. The Labute approximate surface area is 79.6 Å². The maximum absolute atomic E-state index is 11.1. The third kappa shape index (κ3) is 5.01. The van der Waals surface area contributed by atoms with Gasteiger partial charge in [0.15, 0.2) is 0 Å². The zero-order chi connectivity index (χ0) is 10.3. The number of rotatable bonds is 3. The predicted molar refractivity (Wildman–Crippen MR) is 54.3 cm³/mol. The van der Waals surface area contributed by atoms with E-state index in [-0.39, 0.29) is 5.97 Å². The number of hydrogen-bond acceptors (Lipinski definition) is 2. The number of methoxy groups -OCH3 is 1. The Morgan fingerprint density at radius 1 is 1.31 bits per heavy atom. The molecule has 0 amide bonds. The zero-order valence-corrected chi connectivity index (χ0v) is 8.63. The van der Waals surface area contributed by atoms with Gasteiger partial charge in [-0.2, -0.15) is 0 Å². The minimum absolute atomic E-state index is 0.305. The standard InChI is InChI=1S/C11H16O2/c1-5-10(11(12)13-4)8-6-7-9(2)3/h5-8H,1-4H3/b8-6-,10-5+. The topological polar surface area (TPSA) is 26.3 Å². The van der Waals surface area contributed by atoms with Crippen molar-refractivity contribution in [2.45, 2.75) is 20.8 Å². The van der Waals surface area contributed by atoms with E-state index >= 15 is 0 Å². The van der Waals surface area contributed by atoms with Crippen LogP contribution in [0.15, 0.2) is 35.5 Å². The Hall–Kier alpha value is -1.31. The van der Waals surface area contributed by atoms with Gasteiger partial charge in [-0.15, -0.1) is 0 Å². The van der Waals surface area contributed by atoms with Gasteiger partial charge in [-0.25, -0.2) is 4.79 Å². The molecule has 0 saturated carbocycles. The van der Waals surface area contributed by atoms with Gasteiger partial charge in [-0.3, -0.25) is 0 Å². The molecule has 0 unspecified atom stereocenters. The van der Waals surface area contributed by atoms with Crippen molar-refractivity contribution in [1.82, 2.24) is 0 Å². The van der Waals surface area contributed by atoms with E-state index in [1.807, 2.05) is 26.0 Å². The second kappa shape index (κ2) is 6.23. The van der Waals surface area contributed by atoms with Gasteiger partial charge >= 0.3 is 5.97 Å². The molecule has 0 aromatic rings. The maximum Gasteiger partial charge on any atom is 0.337 e.